The van der Waals surface area contributed by atoms with E-state index in [1.54, 1.807) is 0 Å². The van der Waals surface area contributed by atoms with Crippen molar-refractivity contribution in [2.45, 2.75) is 77.9 Å². The van der Waals surface area contributed by atoms with Crippen molar-refractivity contribution >= 4 is 0 Å². The molecule has 0 aromatic carbocycles. The first-order valence-corrected chi connectivity index (χ1v) is 7.47. The zero-order valence-corrected chi connectivity index (χ0v) is 12.2. The highest BCUT2D eigenvalue weighted by atomic mass is 16.3. The second-order valence-corrected chi connectivity index (χ2v) is 6.19. The lowest BCUT2D eigenvalue weighted by Crippen LogP contribution is -2.47. The predicted octanol–water partition coefficient (Wildman–Crippen LogP) is 3.44. The second-order valence-electron chi connectivity index (χ2n) is 6.19. The SMILES string of the molecule is CCC(O)(CC)CN(CC(C)C)C1CCCC1. The fourth-order valence-corrected chi connectivity index (χ4v) is 2.93. The van der Waals surface area contributed by atoms with Gasteiger partial charge in [-0.25, -0.2) is 0 Å². The summed E-state index contributed by atoms with van der Waals surface area (Å²) in [7, 11) is 0. The maximum Gasteiger partial charge on any atom is 0.0769 e. The number of hydrogen-bond acceptors (Lipinski definition) is 2. The maximum atomic E-state index is 10.5. The van der Waals surface area contributed by atoms with E-state index < -0.39 is 5.60 Å². The quantitative estimate of drug-likeness (QED) is 0.738. The van der Waals surface area contributed by atoms with Gasteiger partial charge in [0, 0.05) is 19.1 Å². The molecule has 0 amide bonds. The lowest BCUT2D eigenvalue weighted by Gasteiger charge is -2.37. The van der Waals surface area contributed by atoms with Gasteiger partial charge in [0.15, 0.2) is 0 Å². The van der Waals surface area contributed by atoms with Crippen LogP contribution in [-0.4, -0.2) is 34.7 Å². The smallest absolute Gasteiger partial charge is 0.0769 e. The molecule has 0 bridgehead atoms. The Morgan fingerprint density at radius 3 is 2.12 bits per heavy atom. The van der Waals surface area contributed by atoms with Crippen LogP contribution in [-0.2, 0) is 0 Å². The van der Waals surface area contributed by atoms with E-state index in [9.17, 15) is 5.11 Å². The van der Waals surface area contributed by atoms with Crippen LogP contribution in [0.25, 0.3) is 0 Å². The van der Waals surface area contributed by atoms with Crippen LogP contribution in [0, 0.1) is 5.92 Å². The van der Waals surface area contributed by atoms with E-state index in [2.05, 4.69) is 32.6 Å². The van der Waals surface area contributed by atoms with Gasteiger partial charge in [0.25, 0.3) is 0 Å². The minimum Gasteiger partial charge on any atom is -0.389 e. The van der Waals surface area contributed by atoms with Gasteiger partial charge >= 0.3 is 0 Å². The molecule has 0 saturated heterocycles. The summed E-state index contributed by atoms with van der Waals surface area (Å²) in [5.41, 5.74) is -0.475. The third-order valence-electron chi connectivity index (χ3n) is 4.25. The molecule has 2 nitrogen and oxygen atoms in total. The van der Waals surface area contributed by atoms with Crippen molar-refractivity contribution < 1.29 is 5.11 Å². The summed E-state index contributed by atoms with van der Waals surface area (Å²) in [5, 5.41) is 10.5. The molecular weight excluding hydrogens is 210 g/mol. The minimum atomic E-state index is -0.475. The van der Waals surface area contributed by atoms with Gasteiger partial charge in [-0.2, -0.15) is 0 Å². The number of hydrogen-bond donors (Lipinski definition) is 1. The van der Waals surface area contributed by atoms with E-state index in [0.29, 0.717) is 5.92 Å². The molecule has 1 aliphatic rings. The van der Waals surface area contributed by atoms with Crippen LogP contribution in [0.1, 0.15) is 66.2 Å². The number of aliphatic hydroxyl groups is 1. The minimum absolute atomic E-state index is 0.475. The molecule has 17 heavy (non-hydrogen) atoms. The van der Waals surface area contributed by atoms with Gasteiger partial charge in [0.05, 0.1) is 5.60 Å². The lowest BCUT2D eigenvalue weighted by atomic mass is 9.95. The zero-order chi connectivity index (χ0) is 12.9. The van der Waals surface area contributed by atoms with Crippen LogP contribution in [0.5, 0.6) is 0 Å². The molecule has 0 atom stereocenters. The molecule has 0 aromatic heterocycles. The van der Waals surface area contributed by atoms with Crippen molar-refractivity contribution in [3.05, 3.63) is 0 Å². The number of nitrogens with zero attached hydrogens (tertiary/aromatic N) is 1. The highest BCUT2D eigenvalue weighted by molar-refractivity contribution is 4.85. The van der Waals surface area contributed by atoms with Crippen LogP contribution >= 0.6 is 0 Å². The van der Waals surface area contributed by atoms with E-state index in [0.717, 1.165) is 32.0 Å². The average Bonchev–Trinajstić information content (AvgIpc) is 2.81. The van der Waals surface area contributed by atoms with Gasteiger partial charge in [-0.05, 0) is 31.6 Å². The molecule has 1 saturated carbocycles. The molecule has 0 aromatic rings. The Morgan fingerprint density at radius 1 is 1.18 bits per heavy atom. The highest BCUT2D eigenvalue weighted by Crippen LogP contribution is 2.27. The van der Waals surface area contributed by atoms with E-state index in [4.69, 9.17) is 0 Å². The highest BCUT2D eigenvalue weighted by Gasteiger charge is 2.30. The van der Waals surface area contributed by atoms with E-state index in [-0.39, 0.29) is 0 Å². The Morgan fingerprint density at radius 2 is 1.71 bits per heavy atom. The average molecular weight is 241 g/mol. The predicted molar refractivity (Wildman–Crippen MR) is 74.2 cm³/mol. The molecule has 1 aliphatic carbocycles. The molecule has 1 fully saturated rings. The molecule has 0 unspecified atom stereocenters. The lowest BCUT2D eigenvalue weighted by molar-refractivity contribution is -0.0177. The summed E-state index contributed by atoms with van der Waals surface area (Å²) in [6.07, 6.45) is 7.13. The van der Waals surface area contributed by atoms with Crippen LogP contribution in [0.15, 0.2) is 0 Å². The van der Waals surface area contributed by atoms with E-state index in [1.165, 1.54) is 25.7 Å². The second kappa shape index (κ2) is 6.75. The molecular formula is C15H31NO. The van der Waals surface area contributed by atoms with Gasteiger partial charge in [-0.15, -0.1) is 0 Å². The summed E-state index contributed by atoms with van der Waals surface area (Å²) in [5.74, 6) is 0.688. The topological polar surface area (TPSA) is 23.5 Å². The first kappa shape index (κ1) is 15.0. The van der Waals surface area contributed by atoms with Crippen LogP contribution < -0.4 is 0 Å². The van der Waals surface area contributed by atoms with Crippen molar-refractivity contribution in [1.82, 2.24) is 4.90 Å². The largest absolute Gasteiger partial charge is 0.389 e. The van der Waals surface area contributed by atoms with Gasteiger partial charge in [0.1, 0.15) is 0 Å². The molecule has 102 valence electrons. The van der Waals surface area contributed by atoms with Gasteiger partial charge < -0.3 is 5.11 Å². The van der Waals surface area contributed by atoms with Crippen LogP contribution in [0.3, 0.4) is 0 Å². The van der Waals surface area contributed by atoms with Gasteiger partial charge in [-0.1, -0.05) is 40.5 Å². The summed E-state index contributed by atoms with van der Waals surface area (Å²) >= 11 is 0. The van der Waals surface area contributed by atoms with E-state index in [1.807, 2.05) is 0 Å². The summed E-state index contributed by atoms with van der Waals surface area (Å²) in [6.45, 7) is 10.8. The molecule has 0 spiro atoms. The van der Waals surface area contributed by atoms with Crippen LogP contribution in [0.4, 0.5) is 0 Å². The Hall–Kier alpha value is -0.0800. The molecule has 1 N–H and O–H groups in total. The number of rotatable bonds is 7. The van der Waals surface area contributed by atoms with Crippen molar-refractivity contribution in [2.75, 3.05) is 13.1 Å². The van der Waals surface area contributed by atoms with Gasteiger partial charge in [-0.3, -0.25) is 4.90 Å². The van der Waals surface area contributed by atoms with Crippen molar-refractivity contribution in [3.63, 3.8) is 0 Å². The van der Waals surface area contributed by atoms with Crippen molar-refractivity contribution in [1.29, 1.82) is 0 Å². The third-order valence-corrected chi connectivity index (χ3v) is 4.25. The Kier molecular flexibility index (Phi) is 5.94. The van der Waals surface area contributed by atoms with Crippen molar-refractivity contribution in [2.24, 2.45) is 5.92 Å². The molecule has 0 aliphatic heterocycles. The molecule has 0 radical (unpaired) electrons. The van der Waals surface area contributed by atoms with E-state index >= 15 is 0 Å². The zero-order valence-electron chi connectivity index (χ0n) is 12.2. The standard InChI is InChI=1S/C15H31NO/c1-5-15(17,6-2)12-16(11-13(3)4)14-9-7-8-10-14/h13-14,17H,5-12H2,1-4H3. The Balaban J connectivity index is 2.61. The summed E-state index contributed by atoms with van der Waals surface area (Å²) < 4.78 is 0. The summed E-state index contributed by atoms with van der Waals surface area (Å²) in [6, 6.07) is 0.724. The first-order chi connectivity index (χ1) is 8.00. The molecule has 2 heteroatoms. The van der Waals surface area contributed by atoms with Gasteiger partial charge in [0.2, 0.25) is 0 Å². The fraction of sp³-hybridized carbons (Fsp3) is 1.00. The molecule has 1 rings (SSSR count). The monoisotopic (exact) mass is 241 g/mol. The maximum absolute atomic E-state index is 10.5. The molecule has 0 heterocycles. The normalized spacial score (nSPS) is 18.5. The Bertz CT molecular complexity index is 205. The van der Waals surface area contributed by atoms with Crippen LogP contribution in [0.2, 0.25) is 0 Å². The summed E-state index contributed by atoms with van der Waals surface area (Å²) in [4.78, 5) is 2.56. The fourth-order valence-electron chi connectivity index (χ4n) is 2.93. The Labute approximate surface area is 107 Å². The third kappa shape index (κ3) is 4.59. The van der Waals surface area contributed by atoms with Crippen molar-refractivity contribution in [3.8, 4) is 0 Å². The first-order valence-electron chi connectivity index (χ1n) is 7.47.